The Balaban J connectivity index is 2.29. The topological polar surface area (TPSA) is 71.0 Å². The van der Waals surface area contributed by atoms with Gasteiger partial charge in [-0.3, -0.25) is 4.99 Å². The van der Waals surface area contributed by atoms with Crippen molar-refractivity contribution in [3.63, 3.8) is 0 Å². The molecule has 0 fully saturated rings. The van der Waals surface area contributed by atoms with Crippen LogP contribution >= 0.6 is 0 Å². The maximum Gasteiger partial charge on any atom is 0.140 e. The van der Waals surface area contributed by atoms with Crippen LogP contribution in [0.3, 0.4) is 0 Å². The summed E-state index contributed by atoms with van der Waals surface area (Å²) in [6, 6.07) is 9.97. The smallest absolute Gasteiger partial charge is 0.140 e. The van der Waals surface area contributed by atoms with E-state index in [4.69, 9.17) is 10.9 Å². The molecule has 4 heteroatoms. The average molecular weight is 217 g/mol. The predicted octanol–water partition coefficient (Wildman–Crippen LogP) is 1.91. The van der Waals surface area contributed by atoms with Crippen LogP contribution in [0.5, 0.6) is 0 Å². The molecule has 0 aliphatic heterocycles. The summed E-state index contributed by atoms with van der Waals surface area (Å²) in [5.74, 6) is 0.198. The maximum atomic E-state index is 8.28. The molecule has 0 radical (unpaired) electrons. The number of allylic oxidation sites excluding steroid dienone is 1. The minimum Gasteiger partial charge on any atom is -0.409 e. The lowest BCUT2D eigenvalue weighted by atomic mass is 10.2. The monoisotopic (exact) mass is 217 g/mol. The first kappa shape index (κ1) is 12.0. The highest BCUT2D eigenvalue weighted by molar-refractivity contribution is 5.81. The van der Waals surface area contributed by atoms with E-state index in [9.17, 15) is 0 Å². The lowest BCUT2D eigenvalue weighted by Crippen LogP contribution is -2.12. The van der Waals surface area contributed by atoms with Crippen LogP contribution in [-0.2, 0) is 0 Å². The van der Waals surface area contributed by atoms with Crippen molar-refractivity contribution in [2.75, 3.05) is 6.54 Å². The summed E-state index contributed by atoms with van der Waals surface area (Å²) >= 11 is 0. The zero-order valence-electron chi connectivity index (χ0n) is 8.95. The fourth-order valence-corrected chi connectivity index (χ4v) is 1.08. The molecule has 0 aliphatic rings. The van der Waals surface area contributed by atoms with E-state index in [1.165, 1.54) is 0 Å². The van der Waals surface area contributed by atoms with Gasteiger partial charge in [-0.25, -0.2) is 0 Å². The standard InChI is InChI=1S/C12H15N3O/c13-12(15-16)8-10-14-9-4-7-11-5-2-1-3-6-11/h1-7,9,16H,8,10H2,(H2,13,15)/b7-4+,14-9?. The number of nitrogens with two attached hydrogens (primary N) is 1. The Labute approximate surface area is 94.8 Å². The summed E-state index contributed by atoms with van der Waals surface area (Å²) in [4.78, 5) is 4.09. The second-order valence-electron chi connectivity index (χ2n) is 3.17. The minimum atomic E-state index is 0.198. The summed E-state index contributed by atoms with van der Waals surface area (Å²) in [5.41, 5.74) is 6.42. The van der Waals surface area contributed by atoms with E-state index in [1.807, 2.05) is 42.5 Å². The predicted molar refractivity (Wildman–Crippen MR) is 66.9 cm³/mol. The number of rotatable bonds is 5. The van der Waals surface area contributed by atoms with Gasteiger partial charge in [0.1, 0.15) is 5.84 Å². The number of hydrogen-bond donors (Lipinski definition) is 2. The summed E-state index contributed by atoms with van der Waals surface area (Å²) in [5, 5.41) is 11.1. The van der Waals surface area contributed by atoms with Crippen molar-refractivity contribution in [1.82, 2.24) is 0 Å². The van der Waals surface area contributed by atoms with Gasteiger partial charge in [-0.05, 0) is 11.6 Å². The molecule has 0 bridgehead atoms. The molecule has 1 rings (SSSR count). The van der Waals surface area contributed by atoms with E-state index < -0.39 is 0 Å². The molecular weight excluding hydrogens is 202 g/mol. The summed E-state index contributed by atoms with van der Waals surface area (Å²) in [6.07, 6.45) is 6.00. The van der Waals surface area contributed by atoms with Gasteiger partial charge in [-0.1, -0.05) is 41.6 Å². The highest BCUT2D eigenvalue weighted by atomic mass is 16.4. The quantitative estimate of drug-likeness (QED) is 0.342. The number of benzene rings is 1. The second kappa shape index (κ2) is 7.23. The fourth-order valence-electron chi connectivity index (χ4n) is 1.08. The zero-order valence-corrected chi connectivity index (χ0v) is 8.95. The molecule has 4 nitrogen and oxygen atoms in total. The van der Waals surface area contributed by atoms with Crippen LogP contribution in [-0.4, -0.2) is 23.8 Å². The van der Waals surface area contributed by atoms with Gasteiger partial charge in [0, 0.05) is 19.2 Å². The Morgan fingerprint density at radius 1 is 1.31 bits per heavy atom. The molecule has 0 saturated heterocycles. The molecule has 0 aliphatic carbocycles. The first-order valence-electron chi connectivity index (χ1n) is 5.01. The fraction of sp³-hybridized carbons (Fsp3) is 0.167. The first-order valence-corrected chi connectivity index (χ1v) is 5.01. The number of amidine groups is 1. The van der Waals surface area contributed by atoms with Crippen LogP contribution in [0.2, 0.25) is 0 Å². The second-order valence-corrected chi connectivity index (χ2v) is 3.17. The van der Waals surface area contributed by atoms with Crippen molar-refractivity contribution in [3.8, 4) is 0 Å². The van der Waals surface area contributed by atoms with Crippen molar-refractivity contribution in [1.29, 1.82) is 0 Å². The van der Waals surface area contributed by atoms with Crippen LogP contribution in [0.15, 0.2) is 46.6 Å². The molecular formula is C12H15N3O. The number of aliphatic imine (C=N–C) groups is 1. The van der Waals surface area contributed by atoms with Gasteiger partial charge in [0.25, 0.3) is 0 Å². The lowest BCUT2D eigenvalue weighted by molar-refractivity contribution is 0.317. The molecule has 0 amide bonds. The number of nitrogens with zero attached hydrogens (tertiary/aromatic N) is 2. The Morgan fingerprint density at radius 3 is 2.75 bits per heavy atom. The molecule has 0 spiro atoms. The molecule has 0 atom stereocenters. The normalized spacial score (nSPS) is 12.6. The molecule has 1 aromatic rings. The van der Waals surface area contributed by atoms with Gasteiger partial charge in [-0.2, -0.15) is 0 Å². The third-order valence-corrected chi connectivity index (χ3v) is 1.91. The minimum absolute atomic E-state index is 0.198. The van der Waals surface area contributed by atoms with Crippen molar-refractivity contribution in [3.05, 3.63) is 42.0 Å². The van der Waals surface area contributed by atoms with E-state index in [0.29, 0.717) is 13.0 Å². The summed E-state index contributed by atoms with van der Waals surface area (Å²) < 4.78 is 0. The van der Waals surface area contributed by atoms with E-state index in [2.05, 4.69) is 10.1 Å². The Bertz CT molecular complexity index is 383. The summed E-state index contributed by atoms with van der Waals surface area (Å²) in [7, 11) is 0. The Hall–Kier alpha value is -2.10. The van der Waals surface area contributed by atoms with Gasteiger partial charge in [0.2, 0.25) is 0 Å². The molecule has 3 N–H and O–H groups in total. The van der Waals surface area contributed by atoms with E-state index in [0.717, 1.165) is 5.56 Å². The van der Waals surface area contributed by atoms with E-state index in [1.54, 1.807) is 6.21 Å². The van der Waals surface area contributed by atoms with Crippen molar-refractivity contribution in [2.24, 2.45) is 15.9 Å². The molecule has 0 heterocycles. The lowest BCUT2D eigenvalue weighted by Gasteiger charge is -1.91. The molecule has 84 valence electrons. The molecule has 0 saturated carbocycles. The van der Waals surface area contributed by atoms with Gasteiger partial charge in [0.15, 0.2) is 0 Å². The van der Waals surface area contributed by atoms with Crippen molar-refractivity contribution >= 4 is 18.1 Å². The number of oxime groups is 1. The van der Waals surface area contributed by atoms with Crippen LogP contribution < -0.4 is 5.73 Å². The number of hydrogen-bond acceptors (Lipinski definition) is 3. The van der Waals surface area contributed by atoms with Crippen LogP contribution in [0.1, 0.15) is 12.0 Å². The van der Waals surface area contributed by atoms with Gasteiger partial charge in [-0.15, -0.1) is 0 Å². The Morgan fingerprint density at radius 2 is 2.06 bits per heavy atom. The molecule has 16 heavy (non-hydrogen) atoms. The van der Waals surface area contributed by atoms with Gasteiger partial charge < -0.3 is 10.9 Å². The summed E-state index contributed by atoms with van der Waals surface area (Å²) in [6.45, 7) is 0.523. The van der Waals surface area contributed by atoms with Crippen LogP contribution in [0, 0.1) is 0 Å². The highest BCUT2D eigenvalue weighted by Crippen LogP contribution is 1.99. The molecule has 0 aromatic heterocycles. The first-order chi connectivity index (χ1) is 7.83. The molecule has 0 unspecified atom stereocenters. The maximum absolute atomic E-state index is 8.28. The van der Waals surface area contributed by atoms with E-state index >= 15 is 0 Å². The third kappa shape index (κ3) is 4.95. The Kier molecular flexibility index (Phi) is 5.41. The highest BCUT2D eigenvalue weighted by Gasteiger charge is 1.88. The van der Waals surface area contributed by atoms with Gasteiger partial charge in [0.05, 0.1) is 0 Å². The zero-order chi connectivity index (χ0) is 11.6. The molecule has 1 aromatic carbocycles. The van der Waals surface area contributed by atoms with Crippen LogP contribution in [0.4, 0.5) is 0 Å². The average Bonchev–Trinajstić information content (AvgIpc) is 2.34. The largest absolute Gasteiger partial charge is 0.409 e. The van der Waals surface area contributed by atoms with Crippen LogP contribution in [0.25, 0.3) is 6.08 Å². The van der Waals surface area contributed by atoms with Crippen molar-refractivity contribution < 1.29 is 5.21 Å². The van der Waals surface area contributed by atoms with Gasteiger partial charge >= 0.3 is 0 Å². The SMILES string of the molecule is N/C(CCN=C/C=C/c1ccccc1)=N\O. The van der Waals surface area contributed by atoms with E-state index in [-0.39, 0.29) is 5.84 Å². The van der Waals surface area contributed by atoms with Crippen molar-refractivity contribution in [2.45, 2.75) is 6.42 Å². The third-order valence-electron chi connectivity index (χ3n) is 1.91.